The zero-order valence-corrected chi connectivity index (χ0v) is 22.5. The number of carbonyl (C=O) groups excluding carboxylic acids is 1. The number of hydrogen-bond donors (Lipinski definition) is 0. The summed E-state index contributed by atoms with van der Waals surface area (Å²) in [5.74, 6) is 0.737. The van der Waals surface area contributed by atoms with Crippen LogP contribution in [0.1, 0.15) is 45.3 Å². The molecule has 7 rings (SSSR count). The lowest BCUT2D eigenvalue weighted by Crippen LogP contribution is -2.38. The first-order valence-electron chi connectivity index (χ1n) is 13.1. The summed E-state index contributed by atoms with van der Waals surface area (Å²) in [5.41, 5.74) is 6.76. The van der Waals surface area contributed by atoms with Gasteiger partial charge in [0.05, 0.1) is 28.9 Å². The molecule has 5 aromatic rings. The first kappa shape index (κ1) is 24.3. The summed E-state index contributed by atoms with van der Waals surface area (Å²) in [5, 5.41) is 0. The maximum Gasteiger partial charge on any atom is 0.337 e. The van der Waals surface area contributed by atoms with Crippen molar-refractivity contribution in [2.24, 2.45) is 4.99 Å². The molecule has 0 bridgehead atoms. The fourth-order valence-electron chi connectivity index (χ4n) is 5.59. The molecule has 0 fully saturated rings. The second-order valence-corrected chi connectivity index (χ2v) is 10.8. The number of furan rings is 1. The molecule has 196 valence electrons. The molecule has 7 heteroatoms. The van der Waals surface area contributed by atoms with Gasteiger partial charge in [-0.15, -0.1) is 0 Å². The molecule has 0 radical (unpaired) electrons. The minimum Gasteiger partial charge on any atom is -0.465 e. The second kappa shape index (κ2) is 9.77. The normalized spacial score (nSPS) is 16.1. The number of allylic oxidation sites excluding steroid dienone is 1. The van der Waals surface area contributed by atoms with Gasteiger partial charge < -0.3 is 9.15 Å². The van der Waals surface area contributed by atoms with E-state index in [-0.39, 0.29) is 11.6 Å². The van der Waals surface area contributed by atoms with Gasteiger partial charge in [0.25, 0.3) is 5.56 Å². The van der Waals surface area contributed by atoms with E-state index < -0.39 is 5.97 Å². The highest BCUT2D eigenvalue weighted by Gasteiger charge is 2.32. The number of thiazole rings is 1. The highest BCUT2D eigenvalue weighted by Crippen LogP contribution is 2.41. The number of hydrogen-bond acceptors (Lipinski definition) is 6. The van der Waals surface area contributed by atoms with E-state index in [2.05, 4.69) is 30.3 Å². The highest BCUT2D eigenvalue weighted by molar-refractivity contribution is 7.07. The van der Waals surface area contributed by atoms with Gasteiger partial charge >= 0.3 is 5.97 Å². The van der Waals surface area contributed by atoms with Crippen LogP contribution in [0.5, 0.6) is 0 Å². The fourth-order valence-corrected chi connectivity index (χ4v) is 6.57. The third-order valence-electron chi connectivity index (χ3n) is 7.46. The third-order valence-corrected chi connectivity index (χ3v) is 8.44. The van der Waals surface area contributed by atoms with Crippen LogP contribution in [-0.4, -0.2) is 17.6 Å². The predicted octanol–water partition coefficient (Wildman–Crippen LogP) is 5.37. The maximum absolute atomic E-state index is 13.9. The summed E-state index contributed by atoms with van der Waals surface area (Å²) in [7, 11) is 1.35. The van der Waals surface area contributed by atoms with Crippen molar-refractivity contribution in [1.82, 2.24) is 4.57 Å². The molecule has 0 spiro atoms. The van der Waals surface area contributed by atoms with E-state index in [0.717, 1.165) is 35.2 Å². The van der Waals surface area contributed by atoms with Crippen LogP contribution in [0.25, 0.3) is 23.1 Å². The summed E-state index contributed by atoms with van der Waals surface area (Å²) in [4.78, 5) is 31.6. The molecule has 1 aliphatic carbocycles. The first-order valence-corrected chi connectivity index (χ1v) is 13.9. The standard InChI is InChI=1S/C33H24N2O4S/c1-38-32(37)23-12-7-11-22(18-23)27-17-15-24(39-27)19-28-31(36)35-30(21-9-3-2-4-10-21)26-16-14-20-8-5-6-13-25(20)29(26)34-33(35)40-28/h2-13,15,17-19,30H,14,16H2,1H3/b28-19-/t30-/m0/s1. The number of rotatable bonds is 4. The summed E-state index contributed by atoms with van der Waals surface area (Å²) < 4.78 is 13.3. The number of carbonyl (C=O) groups is 1. The molecule has 1 aliphatic heterocycles. The smallest absolute Gasteiger partial charge is 0.337 e. The number of aromatic nitrogens is 1. The quantitative estimate of drug-likeness (QED) is 0.286. The van der Waals surface area contributed by atoms with Gasteiger partial charge in [0.2, 0.25) is 0 Å². The molecular formula is C33H24N2O4S. The lowest BCUT2D eigenvalue weighted by atomic mass is 9.83. The van der Waals surface area contributed by atoms with Crippen molar-refractivity contribution in [2.75, 3.05) is 7.11 Å². The van der Waals surface area contributed by atoms with Gasteiger partial charge in [0, 0.05) is 17.2 Å². The van der Waals surface area contributed by atoms with Crippen molar-refractivity contribution >= 4 is 29.1 Å². The molecule has 1 atom stereocenters. The number of methoxy groups -OCH3 is 1. The van der Waals surface area contributed by atoms with E-state index >= 15 is 0 Å². The number of nitrogens with zero attached hydrogens (tertiary/aromatic N) is 2. The molecule has 0 amide bonds. The Morgan fingerprint density at radius 3 is 2.67 bits per heavy atom. The Morgan fingerprint density at radius 1 is 1.00 bits per heavy atom. The minimum absolute atomic E-state index is 0.0892. The van der Waals surface area contributed by atoms with Gasteiger partial charge in [-0.3, -0.25) is 9.36 Å². The zero-order valence-electron chi connectivity index (χ0n) is 21.7. The molecular weight excluding hydrogens is 520 g/mol. The molecule has 2 aromatic heterocycles. The first-order chi connectivity index (χ1) is 19.6. The summed E-state index contributed by atoms with van der Waals surface area (Å²) in [6.07, 6.45) is 3.55. The molecule has 0 unspecified atom stereocenters. The molecule has 0 saturated carbocycles. The van der Waals surface area contributed by atoms with Gasteiger partial charge in [-0.1, -0.05) is 78.1 Å². The predicted molar refractivity (Wildman–Crippen MR) is 155 cm³/mol. The van der Waals surface area contributed by atoms with Crippen molar-refractivity contribution < 1.29 is 13.9 Å². The average molecular weight is 545 g/mol. The molecule has 0 saturated heterocycles. The highest BCUT2D eigenvalue weighted by atomic mass is 32.1. The van der Waals surface area contributed by atoms with Crippen LogP contribution in [0.15, 0.2) is 111 Å². The van der Waals surface area contributed by atoms with Crippen molar-refractivity contribution in [3.8, 4) is 11.3 Å². The number of fused-ring (bicyclic) bond motifs is 3. The van der Waals surface area contributed by atoms with Gasteiger partial charge in [-0.2, -0.15) is 0 Å². The Labute approximate surface area is 233 Å². The van der Waals surface area contributed by atoms with E-state index in [4.69, 9.17) is 14.1 Å². The Balaban J connectivity index is 1.35. The topological polar surface area (TPSA) is 73.8 Å². The van der Waals surface area contributed by atoms with Crippen LogP contribution in [0.3, 0.4) is 0 Å². The van der Waals surface area contributed by atoms with Crippen LogP contribution >= 0.6 is 11.3 Å². The Bertz CT molecular complexity index is 2000. The van der Waals surface area contributed by atoms with Gasteiger partial charge in [0.1, 0.15) is 11.5 Å². The van der Waals surface area contributed by atoms with E-state index in [0.29, 0.717) is 26.4 Å². The molecule has 40 heavy (non-hydrogen) atoms. The van der Waals surface area contributed by atoms with E-state index in [1.165, 1.54) is 29.6 Å². The monoisotopic (exact) mass is 544 g/mol. The zero-order chi connectivity index (χ0) is 27.2. The summed E-state index contributed by atoms with van der Waals surface area (Å²) in [6.45, 7) is 0. The molecule has 0 N–H and O–H groups in total. The molecule has 6 nitrogen and oxygen atoms in total. The fraction of sp³-hybridized carbons (Fsp3) is 0.121. The van der Waals surface area contributed by atoms with Gasteiger partial charge in [0.15, 0.2) is 4.80 Å². The van der Waals surface area contributed by atoms with Crippen LogP contribution in [0, 0.1) is 0 Å². The summed E-state index contributed by atoms with van der Waals surface area (Å²) in [6, 6.07) is 29.1. The van der Waals surface area contributed by atoms with Crippen LogP contribution < -0.4 is 14.9 Å². The molecule has 3 aromatic carbocycles. The second-order valence-electron chi connectivity index (χ2n) is 9.80. The van der Waals surface area contributed by atoms with E-state index in [1.54, 1.807) is 24.3 Å². The summed E-state index contributed by atoms with van der Waals surface area (Å²) >= 11 is 1.37. The van der Waals surface area contributed by atoms with E-state index in [9.17, 15) is 9.59 Å². The average Bonchev–Trinajstić information content (AvgIpc) is 3.60. The molecule has 3 heterocycles. The van der Waals surface area contributed by atoms with E-state index in [1.807, 2.05) is 47.0 Å². The maximum atomic E-state index is 13.9. The van der Waals surface area contributed by atoms with Crippen molar-refractivity contribution in [3.05, 3.63) is 144 Å². The third kappa shape index (κ3) is 4.06. The largest absolute Gasteiger partial charge is 0.465 e. The van der Waals surface area contributed by atoms with Crippen molar-refractivity contribution in [3.63, 3.8) is 0 Å². The van der Waals surface area contributed by atoms with Crippen molar-refractivity contribution in [2.45, 2.75) is 18.9 Å². The lowest BCUT2D eigenvalue weighted by Gasteiger charge is -2.30. The lowest BCUT2D eigenvalue weighted by molar-refractivity contribution is 0.0601. The molecule has 2 aliphatic rings. The Kier molecular flexibility index (Phi) is 5.94. The number of esters is 1. The van der Waals surface area contributed by atoms with Crippen LogP contribution in [0.2, 0.25) is 0 Å². The minimum atomic E-state index is -0.409. The van der Waals surface area contributed by atoms with Crippen molar-refractivity contribution in [1.29, 1.82) is 0 Å². The van der Waals surface area contributed by atoms with Crippen LogP contribution in [0.4, 0.5) is 0 Å². The Hall–Kier alpha value is -4.75. The van der Waals surface area contributed by atoms with Gasteiger partial charge in [-0.25, -0.2) is 9.79 Å². The number of benzene rings is 3. The number of ether oxygens (including phenoxy) is 1. The Morgan fingerprint density at radius 2 is 1.82 bits per heavy atom. The number of aryl methyl sites for hydroxylation is 1. The van der Waals surface area contributed by atoms with Gasteiger partial charge in [-0.05, 0) is 53.8 Å². The van der Waals surface area contributed by atoms with Crippen LogP contribution in [-0.2, 0) is 11.2 Å². The SMILES string of the molecule is COC(=O)c1cccc(-c2ccc(/C=c3\sc4n(c3=O)[C@@H](c3ccccc3)C3=C(N=4)c4ccccc4CC3)o2)c1.